The molecule has 90 valence electrons. The predicted octanol–water partition coefficient (Wildman–Crippen LogP) is 0.405. The molecule has 0 saturated heterocycles. The number of anilines is 1. The summed E-state index contributed by atoms with van der Waals surface area (Å²) in [5.41, 5.74) is 0.816. The number of carbonyl (C=O) groups excluding carboxylic acids is 1. The van der Waals surface area contributed by atoms with Crippen LogP contribution in [0.1, 0.15) is 5.69 Å². The van der Waals surface area contributed by atoms with Gasteiger partial charge in [-0.25, -0.2) is 4.98 Å². The second-order valence-electron chi connectivity index (χ2n) is 3.72. The molecule has 1 heterocycles. The Morgan fingerprint density at radius 1 is 1.56 bits per heavy atom. The fraction of sp³-hybridized carbons (Fsp3) is 0.600. The number of nitrogens with one attached hydrogen (secondary N) is 2. The number of hydrogen-bond acceptors (Lipinski definition) is 5. The van der Waals surface area contributed by atoms with Gasteiger partial charge < -0.3 is 15.5 Å². The fourth-order valence-corrected chi connectivity index (χ4v) is 1.82. The largest absolute Gasteiger partial charge is 0.365 e. The Morgan fingerprint density at radius 3 is 2.88 bits per heavy atom. The molecule has 1 rings (SSSR count). The van der Waals surface area contributed by atoms with Crippen molar-refractivity contribution in [3.05, 3.63) is 11.1 Å². The molecule has 0 aliphatic carbocycles. The molecule has 0 unspecified atom stereocenters. The summed E-state index contributed by atoms with van der Waals surface area (Å²) in [6, 6.07) is 0. The molecule has 2 N–H and O–H groups in total. The van der Waals surface area contributed by atoms with E-state index in [4.69, 9.17) is 0 Å². The molecule has 16 heavy (non-hydrogen) atoms. The first-order chi connectivity index (χ1) is 7.61. The minimum atomic E-state index is 0.0230. The predicted molar refractivity (Wildman–Crippen MR) is 66.9 cm³/mol. The molecule has 0 spiro atoms. The molecule has 0 atom stereocenters. The van der Waals surface area contributed by atoms with Gasteiger partial charge in [-0.1, -0.05) is 0 Å². The zero-order valence-electron chi connectivity index (χ0n) is 9.91. The summed E-state index contributed by atoms with van der Waals surface area (Å²) >= 11 is 1.51. The number of thiazole rings is 1. The van der Waals surface area contributed by atoms with Crippen molar-refractivity contribution in [2.45, 2.75) is 6.42 Å². The summed E-state index contributed by atoms with van der Waals surface area (Å²) in [5, 5.41) is 8.54. The van der Waals surface area contributed by atoms with Crippen molar-refractivity contribution in [2.75, 3.05) is 39.5 Å². The number of hydrogen-bond donors (Lipinski definition) is 2. The molecule has 0 aliphatic heterocycles. The minimum absolute atomic E-state index is 0.0230. The van der Waals surface area contributed by atoms with E-state index in [0.717, 1.165) is 17.4 Å². The van der Waals surface area contributed by atoms with E-state index >= 15 is 0 Å². The number of rotatable bonds is 6. The Hall–Kier alpha value is -1.14. The molecule has 0 aliphatic rings. The standard InChI is InChI=1S/C10H18N4OS/c1-11-10-13-8(7-16-10)6-9(15)12-4-5-14(2)3/h7H,4-6H2,1-3H3,(H,11,13)(H,12,15). The van der Waals surface area contributed by atoms with Gasteiger partial charge in [0, 0.05) is 25.5 Å². The van der Waals surface area contributed by atoms with Gasteiger partial charge >= 0.3 is 0 Å². The van der Waals surface area contributed by atoms with Crippen LogP contribution in [0.15, 0.2) is 5.38 Å². The van der Waals surface area contributed by atoms with Crippen LogP contribution in [0.2, 0.25) is 0 Å². The Bertz CT molecular complexity index is 337. The molecule has 1 aromatic heterocycles. The third-order valence-electron chi connectivity index (χ3n) is 1.99. The van der Waals surface area contributed by atoms with Crippen molar-refractivity contribution in [3.63, 3.8) is 0 Å². The van der Waals surface area contributed by atoms with E-state index < -0.39 is 0 Å². The molecule has 0 fully saturated rings. The van der Waals surface area contributed by atoms with Gasteiger partial charge in [0.05, 0.1) is 12.1 Å². The highest BCUT2D eigenvalue weighted by Gasteiger charge is 2.06. The van der Waals surface area contributed by atoms with Crippen molar-refractivity contribution in [2.24, 2.45) is 0 Å². The van der Waals surface area contributed by atoms with Gasteiger partial charge in [0.2, 0.25) is 5.91 Å². The van der Waals surface area contributed by atoms with Crippen molar-refractivity contribution < 1.29 is 4.79 Å². The quantitative estimate of drug-likeness (QED) is 0.758. The van der Waals surface area contributed by atoms with Crippen LogP contribution in [0.5, 0.6) is 0 Å². The lowest BCUT2D eigenvalue weighted by Crippen LogP contribution is -2.32. The molecule has 0 aromatic carbocycles. The first-order valence-electron chi connectivity index (χ1n) is 5.15. The smallest absolute Gasteiger partial charge is 0.226 e. The van der Waals surface area contributed by atoms with Crippen LogP contribution in [0.4, 0.5) is 5.13 Å². The third-order valence-corrected chi connectivity index (χ3v) is 2.90. The van der Waals surface area contributed by atoms with E-state index in [1.165, 1.54) is 11.3 Å². The summed E-state index contributed by atoms with van der Waals surface area (Å²) in [7, 11) is 5.78. The zero-order valence-corrected chi connectivity index (χ0v) is 10.7. The molecule has 1 aromatic rings. The Balaban J connectivity index is 2.28. The number of carbonyl (C=O) groups is 1. The Labute approximate surface area is 99.9 Å². The zero-order chi connectivity index (χ0) is 12.0. The maximum atomic E-state index is 11.5. The van der Waals surface area contributed by atoms with Crippen molar-refractivity contribution >= 4 is 22.4 Å². The summed E-state index contributed by atoms with van der Waals surface area (Å²) in [5.74, 6) is 0.0230. The van der Waals surface area contributed by atoms with Gasteiger partial charge in [0.1, 0.15) is 0 Å². The van der Waals surface area contributed by atoms with E-state index in [2.05, 4.69) is 15.6 Å². The number of aromatic nitrogens is 1. The SMILES string of the molecule is CNc1nc(CC(=O)NCCN(C)C)cs1. The van der Waals surface area contributed by atoms with Crippen LogP contribution in [0.25, 0.3) is 0 Å². The lowest BCUT2D eigenvalue weighted by molar-refractivity contribution is -0.120. The Morgan fingerprint density at radius 2 is 2.31 bits per heavy atom. The molecule has 5 nitrogen and oxygen atoms in total. The van der Waals surface area contributed by atoms with Crippen molar-refractivity contribution in [1.82, 2.24) is 15.2 Å². The summed E-state index contributed by atoms with van der Waals surface area (Å²) in [4.78, 5) is 17.8. The number of nitrogens with zero attached hydrogens (tertiary/aromatic N) is 2. The minimum Gasteiger partial charge on any atom is -0.365 e. The molecule has 0 saturated carbocycles. The van der Waals surface area contributed by atoms with Gasteiger partial charge in [-0.3, -0.25) is 4.79 Å². The van der Waals surface area contributed by atoms with E-state index in [-0.39, 0.29) is 5.91 Å². The number of amides is 1. The highest BCUT2D eigenvalue weighted by Crippen LogP contribution is 2.14. The highest BCUT2D eigenvalue weighted by atomic mass is 32.1. The molecule has 6 heteroatoms. The van der Waals surface area contributed by atoms with Crippen molar-refractivity contribution in [3.8, 4) is 0 Å². The van der Waals surface area contributed by atoms with Gasteiger partial charge in [0.15, 0.2) is 5.13 Å². The topological polar surface area (TPSA) is 57.3 Å². The molecule has 0 radical (unpaired) electrons. The highest BCUT2D eigenvalue weighted by molar-refractivity contribution is 7.13. The van der Waals surface area contributed by atoms with E-state index in [1.807, 2.05) is 31.4 Å². The van der Waals surface area contributed by atoms with E-state index in [9.17, 15) is 4.79 Å². The molecular formula is C10H18N4OS. The Kier molecular flexibility index (Phi) is 5.21. The second kappa shape index (κ2) is 6.44. The molecule has 0 bridgehead atoms. The molecular weight excluding hydrogens is 224 g/mol. The van der Waals surface area contributed by atoms with Gasteiger partial charge in [-0.05, 0) is 14.1 Å². The lowest BCUT2D eigenvalue weighted by Gasteiger charge is -2.09. The van der Waals surface area contributed by atoms with Crippen LogP contribution < -0.4 is 10.6 Å². The maximum absolute atomic E-state index is 11.5. The fourth-order valence-electron chi connectivity index (χ4n) is 1.15. The summed E-state index contributed by atoms with van der Waals surface area (Å²) in [6.45, 7) is 1.53. The normalized spacial score (nSPS) is 10.5. The van der Waals surface area contributed by atoms with Gasteiger partial charge in [0.25, 0.3) is 0 Å². The summed E-state index contributed by atoms with van der Waals surface area (Å²) < 4.78 is 0. The molecule has 1 amide bonds. The van der Waals surface area contributed by atoms with Crippen LogP contribution >= 0.6 is 11.3 Å². The first kappa shape index (κ1) is 12.9. The van der Waals surface area contributed by atoms with Gasteiger partial charge in [-0.2, -0.15) is 0 Å². The van der Waals surface area contributed by atoms with E-state index in [1.54, 1.807) is 0 Å². The van der Waals surface area contributed by atoms with Crippen LogP contribution in [-0.4, -0.2) is 50.0 Å². The maximum Gasteiger partial charge on any atom is 0.226 e. The second-order valence-corrected chi connectivity index (χ2v) is 4.58. The lowest BCUT2D eigenvalue weighted by atomic mass is 10.3. The van der Waals surface area contributed by atoms with E-state index in [0.29, 0.717) is 13.0 Å². The van der Waals surface area contributed by atoms with Crippen LogP contribution in [0.3, 0.4) is 0 Å². The van der Waals surface area contributed by atoms with Crippen molar-refractivity contribution in [1.29, 1.82) is 0 Å². The van der Waals surface area contributed by atoms with Crippen LogP contribution in [0, 0.1) is 0 Å². The monoisotopic (exact) mass is 242 g/mol. The average Bonchev–Trinajstić information content (AvgIpc) is 2.65. The van der Waals surface area contributed by atoms with Crippen LogP contribution in [-0.2, 0) is 11.2 Å². The average molecular weight is 242 g/mol. The summed E-state index contributed by atoms with van der Waals surface area (Å²) in [6.07, 6.45) is 0.353. The first-order valence-corrected chi connectivity index (χ1v) is 6.03. The third kappa shape index (κ3) is 4.59. The number of likely N-dealkylation sites (N-methyl/N-ethyl adjacent to an activating group) is 1. The van der Waals surface area contributed by atoms with Gasteiger partial charge in [-0.15, -0.1) is 11.3 Å².